The predicted octanol–water partition coefficient (Wildman–Crippen LogP) is -12.5. The van der Waals surface area contributed by atoms with Crippen LogP contribution in [-0.4, -0.2) is 324 Å². The SMILES string of the molecule is CC(=O)NC1[C@H](O[C@@H]2C(O)[C@H](O[C@@H]3C(CO)O[C@@H](O[C@@H]4C(O)[C@H](O[C@@H]5C(CO)O[C@@H](OCC6O[C@@H](C)C(NC(C)=O)[C@@H](O)[C@H]6O)C(NC(C)=O)[C@H]5O)OC(CO)[C@@H]4O)C(NC(C)=O)[C@H]3O)OC(CO)[C@@H]2O)OC(CO)[C@@H](O)[C@@H]1O. The average molecular weight is 1150 g/mol. The molecule has 6 aliphatic rings. The molecule has 6 fully saturated rings. The maximum absolute atomic E-state index is 12.7. The number of hydrogen-bond acceptors (Lipinski definition) is 30. The van der Waals surface area contributed by atoms with Crippen LogP contribution in [0.25, 0.3) is 0 Å². The molecule has 6 heterocycles. The highest BCUT2D eigenvalue weighted by molar-refractivity contribution is 5.74. The molecule has 12 unspecified atom stereocenters. The van der Waals surface area contributed by atoms with E-state index in [1.807, 2.05) is 0 Å². The number of hydrogen-bond donors (Lipinski definition) is 19. The van der Waals surface area contributed by atoms with E-state index < -0.39 is 247 Å². The van der Waals surface area contributed by atoms with Crippen molar-refractivity contribution in [3.63, 3.8) is 0 Å². The Hall–Kier alpha value is -3.16. The monoisotopic (exact) mass is 1150 g/mol. The molecule has 4 amide bonds. The summed E-state index contributed by atoms with van der Waals surface area (Å²) in [5.74, 6) is -2.83. The number of carbonyl (C=O) groups is 4. The van der Waals surface area contributed by atoms with Gasteiger partial charge in [-0.15, -0.1) is 0 Å². The van der Waals surface area contributed by atoms with E-state index in [1.54, 1.807) is 0 Å². The van der Waals surface area contributed by atoms with Crippen LogP contribution in [0.15, 0.2) is 0 Å². The zero-order chi connectivity index (χ0) is 58.5. The Bertz CT molecular complexity index is 1990. The Morgan fingerprint density at radius 1 is 0.342 bits per heavy atom. The highest BCUT2D eigenvalue weighted by Gasteiger charge is 2.58. The normalized spacial score (nSPS) is 46.7. The second-order valence-electron chi connectivity index (χ2n) is 20.1. The van der Waals surface area contributed by atoms with Crippen LogP contribution >= 0.6 is 0 Å². The second-order valence-corrected chi connectivity index (χ2v) is 20.1. The number of nitrogens with one attached hydrogen (secondary N) is 4. The van der Waals surface area contributed by atoms with Crippen molar-refractivity contribution in [2.75, 3.05) is 39.6 Å². The summed E-state index contributed by atoms with van der Waals surface area (Å²) in [4.78, 5) is 48.9. The fourth-order valence-corrected chi connectivity index (χ4v) is 10.3. The molecule has 6 aliphatic heterocycles. The molecule has 0 aromatic rings. The lowest BCUT2D eigenvalue weighted by Gasteiger charge is -2.50. The number of aliphatic hydroxyl groups excluding tert-OH is 15. The molecular formula is C45H76N4O30. The molecule has 79 heavy (non-hydrogen) atoms. The molecule has 0 radical (unpaired) electrons. The Labute approximate surface area is 450 Å². The fraction of sp³-hybridized carbons (Fsp3) is 0.911. The molecule has 0 aliphatic carbocycles. The minimum atomic E-state index is -2.18. The summed E-state index contributed by atoms with van der Waals surface area (Å²) < 4.78 is 64.1. The topological polar surface area (TPSA) is 521 Å². The van der Waals surface area contributed by atoms with Gasteiger partial charge < -0.3 is 150 Å². The van der Waals surface area contributed by atoms with Crippen molar-refractivity contribution in [1.29, 1.82) is 0 Å². The van der Waals surface area contributed by atoms with Gasteiger partial charge >= 0.3 is 0 Å². The van der Waals surface area contributed by atoms with Crippen molar-refractivity contribution in [2.24, 2.45) is 0 Å². The van der Waals surface area contributed by atoms with Gasteiger partial charge in [0.15, 0.2) is 31.5 Å². The summed E-state index contributed by atoms with van der Waals surface area (Å²) in [5.41, 5.74) is 0. The van der Waals surface area contributed by atoms with Crippen molar-refractivity contribution in [2.45, 2.75) is 218 Å². The molecule has 34 heteroatoms. The van der Waals surface area contributed by atoms with Crippen LogP contribution in [-0.2, 0) is 71.3 Å². The Morgan fingerprint density at radius 3 is 1.05 bits per heavy atom. The minimum absolute atomic E-state index is 0.501. The molecule has 0 saturated carbocycles. The largest absolute Gasteiger partial charge is 0.394 e. The molecule has 0 spiro atoms. The number of amides is 4. The summed E-state index contributed by atoms with van der Waals surface area (Å²) in [6.45, 7) is 0.488. The van der Waals surface area contributed by atoms with Crippen molar-refractivity contribution in [3.05, 3.63) is 0 Å². The highest BCUT2D eigenvalue weighted by atomic mass is 16.8. The lowest BCUT2D eigenvalue weighted by atomic mass is 9.93. The van der Waals surface area contributed by atoms with Gasteiger partial charge in [-0.2, -0.15) is 0 Å². The van der Waals surface area contributed by atoms with Crippen LogP contribution in [0.3, 0.4) is 0 Å². The number of carbonyl (C=O) groups excluding carboxylic acids is 4. The first-order valence-electron chi connectivity index (χ1n) is 25.4. The van der Waals surface area contributed by atoms with Crippen LogP contribution < -0.4 is 21.3 Å². The first-order valence-corrected chi connectivity index (χ1v) is 25.4. The maximum atomic E-state index is 12.7. The van der Waals surface area contributed by atoms with Gasteiger partial charge in [0, 0.05) is 27.7 Å². The van der Waals surface area contributed by atoms with E-state index in [4.69, 9.17) is 52.1 Å². The van der Waals surface area contributed by atoms with Crippen molar-refractivity contribution < 1.29 is 148 Å². The first kappa shape index (κ1) is 65.0. The molecule has 0 aromatic heterocycles. The summed E-state index contributed by atoms with van der Waals surface area (Å²) in [6.07, 6.45) is -46.2. The van der Waals surface area contributed by atoms with Crippen LogP contribution in [0.2, 0.25) is 0 Å². The lowest BCUT2D eigenvalue weighted by Crippen LogP contribution is -2.70. The summed E-state index contributed by atoms with van der Waals surface area (Å²) in [7, 11) is 0. The fourth-order valence-electron chi connectivity index (χ4n) is 10.3. The second kappa shape index (κ2) is 28.4. The lowest BCUT2D eigenvalue weighted by molar-refractivity contribution is -0.383. The average Bonchev–Trinajstić information content (AvgIpc) is 3.54. The van der Waals surface area contributed by atoms with E-state index in [1.165, 1.54) is 13.8 Å². The zero-order valence-corrected chi connectivity index (χ0v) is 43.4. The van der Waals surface area contributed by atoms with E-state index in [9.17, 15) is 95.8 Å². The van der Waals surface area contributed by atoms with Gasteiger partial charge in [-0.3, -0.25) is 19.2 Å². The van der Waals surface area contributed by atoms with Crippen molar-refractivity contribution >= 4 is 23.6 Å². The maximum Gasteiger partial charge on any atom is 0.217 e. The Balaban J connectivity index is 1.19. The van der Waals surface area contributed by atoms with Gasteiger partial charge in [-0.25, -0.2) is 0 Å². The van der Waals surface area contributed by atoms with Gasteiger partial charge in [0.2, 0.25) is 23.6 Å². The molecule has 6 saturated heterocycles. The van der Waals surface area contributed by atoms with E-state index in [2.05, 4.69) is 21.3 Å². The number of aliphatic hydroxyl groups is 15. The molecule has 19 N–H and O–H groups in total. The van der Waals surface area contributed by atoms with Gasteiger partial charge in [0.1, 0.15) is 140 Å². The minimum Gasteiger partial charge on any atom is -0.394 e. The van der Waals surface area contributed by atoms with Gasteiger partial charge in [-0.05, 0) is 6.92 Å². The third kappa shape index (κ3) is 14.8. The van der Waals surface area contributed by atoms with Gasteiger partial charge in [-0.1, -0.05) is 0 Å². The van der Waals surface area contributed by atoms with Crippen molar-refractivity contribution in [3.8, 4) is 0 Å². The molecule has 0 bridgehead atoms. The summed E-state index contributed by atoms with van der Waals surface area (Å²) in [5, 5.41) is 174. The van der Waals surface area contributed by atoms with Crippen LogP contribution in [0.5, 0.6) is 0 Å². The molecule has 456 valence electrons. The molecule has 6 rings (SSSR count). The van der Waals surface area contributed by atoms with Gasteiger partial charge in [0.05, 0.1) is 51.8 Å². The van der Waals surface area contributed by atoms with Crippen LogP contribution in [0.4, 0.5) is 0 Å². The van der Waals surface area contributed by atoms with E-state index in [0.29, 0.717) is 0 Å². The van der Waals surface area contributed by atoms with Crippen molar-refractivity contribution in [1.82, 2.24) is 21.3 Å². The zero-order valence-electron chi connectivity index (χ0n) is 43.4. The first-order chi connectivity index (χ1) is 37.3. The van der Waals surface area contributed by atoms with E-state index in [0.717, 1.165) is 20.8 Å². The Morgan fingerprint density at radius 2 is 0.646 bits per heavy atom. The molecule has 0 aromatic carbocycles. The van der Waals surface area contributed by atoms with Crippen LogP contribution in [0, 0.1) is 0 Å². The smallest absolute Gasteiger partial charge is 0.217 e. The standard InChI is InChI=1S/C45H76N4O30/c1-12-23(46-13(2)55)31(63)28(60)22(70-12)11-69-41-25(48-15(4)57)33(65)37(20(9-53)74-41)76-44-36(68)40(30(62)19(8-52)72-44)79-43-26(49-16(5)58)34(66)38(21(10-54)75-43)77-45-35(67)39(29(61)18(7-51)73-45)78-42-24(47-14(3)56)32(64)27(59)17(6-50)71-42/h12,17-45,50-54,59-68H,6-11H2,1-5H3,(H,46,55)(H,47,56)(H,48,57)(H,49,58)/t12-,17?,18?,19?,20?,21?,22?,23?,24?,25?,26?,27+,28-,29-,30-,31+,32+,33+,34+,35?,36?,37+,38+,39-,40-,41+,42-,43-,44-,45-/m0/s1. The molecular weight excluding hydrogens is 1080 g/mol. The highest BCUT2D eigenvalue weighted by Crippen LogP contribution is 2.36. The van der Waals surface area contributed by atoms with Gasteiger partial charge in [0.25, 0.3) is 0 Å². The van der Waals surface area contributed by atoms with E-state index >= 15 is 0 Å². The third-order valence-electron chi connectivity index (χ3n) is 14.3. The quantitative estimate of drug-likeness (QED) is 0.0538. The summed E-state index contributed by atoms with van der Waals surface area (Å²) >= 11 is 0. The summed E-state index contributed by atoms with van der Waals surface area (Å²) in [6, 6.07) is -5.92. The number of ether oxygens (including phenoxy) is 11. The Kier molecular flexibility index (Phi) is 23.4. The van der Waals surface area contributed by atoms with E-state index in [-0.39, 0.29) is 0 Å². The van der Waals surface area contributed by atoms with Crippen LogP contribution in [0.1, 0.15) is 34.6 Å². The third-order valence-corrected chi connectivity index (χ3v) is 14.3. The molecule has 30 atom stereocenters. The predicted molar refractivity (Wildman–Crippen MR) is 249 cm³/mol. The number of rotatable bonds is 20. The molecule has 34 nitrogen and oxygen atoms in total.